The van der Waals surface area contributed by atoms with Crippen molar-refractivity contribution in [2.24, 2.45) is 5.73 Å². The van der Waals surface area contributed by atoms with Gasteiger partial charge < -0.3 is 15.4 Å². The Kier molecular flexibility index (Phi) is 4.39. The minimum absolute atomic E-state index is 0.167. The van der Waals surface area contributed by atoms with Crippen molar-refractivity contribution in [2.45, 2.75) is 56.9 Å². The Labute approximate surface area is 128 Å². The number of ether oxygens (including phenoxy) is 1. The number of piperidine rings is 1. The van der Waals surface area contributed by atoms with Crippen molar-refractivity contribution in [3.8, 4) is 5.75 Å². The third-order valence-electron chi connectivity index (χ3n) is 5.18. The highest BCUT2D eigenvalue weighted by Gasteiger charge is 2.33. The number of hydrogen-bond donors (Lipinski definition) is 1. The second kappa shape index (κ2) is 6.27. The first-order valence-corrected chi connectivity index (χ1v) is 8.45. The van der Waals surface area contributed by atoms with Crippen LogP contribution in [0.2, 0.25) is 0 Å². The monoisotopic (exact) mass is 288 g/mol. The van der Waals surface area contributed by atoms with Crippen LogP contribution in [0, 0.1) is 0 Å². The van der Waals surface area contributed by atoms with Crippen LogP contribution in [0.3, 0.4) is 0 Å². The SMILES string of the molecule is COc1ccc(N2CCCCC2)c(C2(N)CCCCC2)c1. The van der Waals surface area contributed by atoms with Crippen LogP contribution in [0.15, 0.2) is 18.2 Å². The Morgan fingerprint density at radius 2 is 1.67 bits per heavy atom. The average molecular weight is 288 g/mol. The van der Waals surface area contributed by atoms with Crippen molar-refractivity contribution in [3.05, 3.63) is 23.8 Å². The maximum absolute atomic E-state index is 6.83. The second-order valence-electron chi connectivity index (χ2n) is 6.65. The van der Waals surface area contributed by atoms with Crippen LogP contribution >= 0.6 is 0 Å². The van der Waals surface area contributed by atoms with Crippen molar-refractivity contribution in [1.82, 2.24) is 0 Å². The number of benzene rings is 1. The number of methoxy groups -OCH3 is 1. The molecule has 3 nitrogen and oxygen atoms in total. The first kappa shape index (κ1) is 14.7. The molecule has 0 unspecified atom stereocenters. The van der Waals surface area contributed by atoms with E-state index in [1.807, 2.05) is 0 Å². The van der Waals surface area contributed by atoms with Gasteiger partial charge in [-0.05, 0) is 55.9 Å². The number of hydrogen-bond acceptors (Lipinski definition) is 3. The fourth-order valence-corrected chi connectivity index (χ4v) is 3.90. The third-order valence-corrected chi connectivity index (χ3v) is 5.18. The lowest BCUT2D eigenvalue weighted by Crippen LogP contribution is -2.41. The van der Waals surface area contributed by atoms with Gasteiger partial charge in [-0.15, -0.1) is 0 Å². The molecule has 116 valence electrons. The molecule has 0 aromatic heterocycles. The van der Waals surface area contributed by atoms with Gasteiger partial charge in [-0.2, -0.15) is 0 Å². The van der Waals surface area contributed by atoms with Crippen molar-refractivity contribution >= 4 is 5.69 Å². The van der Waals surface area contributed by atoms with E-state index in [2.05, 4.69) is 23.1 Å². The molecule has 2 aliphatic rings. The van der Waals surface area contributed by atoms with Crippen LogP contribution in [-0.2, 0) is 5.54 Å². The third kappa shape index (κ3) is 3.03. The van der Waals surface area contributed by atoms with Crippen LogP contribution in [0.1, 0.15) is 56.9 Å². The fraction of sp³-hybridized carbons (Fsp3) is 0.667. The Morgan fingerprint density at radius 1 is 1.00 bits per heavy atom. The highest BCUT2D eigenvalue weighted by molar-refractivity contribution is 5.59. The van der Waals surface area contributed by atoms with Crippen LogP contribution in [0.25, 0.3) is 0 Å². The minimum Gasteiger partial charge on any atom is -0.497 e. The largest absolute Gasteiger partial charge is 0.497 e. The lowest BCUT2D eigenvalue weighted by Gasteiger charge is -2.39. The molecule has 0 radical (unpaired) electrons. The summed E-state index contributed by atoms with van der Waals surface area (Å²) >= 11 is 0. The highest BCUT2D eigenvalue weighted by Crippen LogP contribution is 2.41. The molecule has 21 heavy (non-hydrogen) atoms. The molecular weight excluding hydrogens is 260 g/mol. The van der Waals surface area contributed by atoms with E-state index in [0.29, 0.717) is 0 Å². The van der Waals surface area contributed by atoms with E-state index in [-0.39, 0.29) is 5.54 Å². The first-order chi connectivity index (χ1) is 10.2. The molecule has 1 aliphatic carbocycles. The predicted octanol–water partition coefficient (Wildman–Crippen LogP) is 3.80. The van der Waals surface area contributed by atoms with Gasteiger partial charge in [-0.1, -0.05) is 19.3 Å². The molecule has 3 heteroatoms. The summed E-state index contributed by atoms with van der Waals surface area (Å²) in [6.07, 6.45) is 9.95. The Bertz CT molecular complexity index is 474. The minimum atomic E-state index is -0.167. The molecule has 1 aromatic rings. The number of rotatable bonds is 3. The van der Waals surface area contributed by atoms with Gasteiger partial charge >= 0.3 is 0 Å². The second-order valence-corrected chi connectivity index (χ2v) is 6.65. The molecule has 3 rings (SSSR count). The van der Waals surface area contributed by atoms with E-state index in [1.54, 1.807) is 7.11 Å². The van der Waals surface area contributed by atoms with Gasteiger partial charge in [0.2, 0.25) is 0 Å². The van der Waals surface area contributed by atoms with Gasteiger partial charge in [-0.25, -0.2) is 0 Å². The maximum atomic E-state index is 6.83. The topological polar surface area (TPSA) is 38.5 Å². The van der Waals surface area contributed by atoms with Gasteiger partial charge in [0.25, 0.3) is 0 Å². The molecule has 0 amide bonds. The van der Waals surface area contributed by atoms with Crippen LogP contribution in [0.4, 0.5) is 5.69 Å². The van der Waals surface area contributed by atoms with Crippen LogP contribution < -0.4 is 15.4 Å². The predicted molar refractivity (Wildman–Crippen MR) is 88.0 cm³/mol. The molecule has 2 fully saturated rings. The zero-order chi connectivity index (χ0) is 14.7. The quantitative estimate of drug-likeness (QED) is 0.919. The van der Waals surface area contributed by atoms with Gasteiger partial charge in [0, 0.05) is 24.3 Å². The van der Waals surface area contributed by atoms with E-state index in [9.17, 15) is 0 Å². The van der Waals surface area contributed by atoms with E-state index < -0.39 is 0 Å². The Hall–Kier alpha value is -1.22. The van der Waals surface area contributed by atoms with Crippen LogP contribution in [0.5, 0.6) is 5.75 Å². The van der Waals surface area contributed by atoms with Gasteiger partial charge in [0.1, 0.15) is 5.75 Å². The summed E-state index contributed by atoms with van der Waals surface area (Å²) in [5.74, 6) is 0.932. The summed E-state index contributed by atoms with van der Waals surface area (Å²) in [6, 6.07) is 6.50. The summed E-state index contributed by atoms with van der Waals surface area (Å²) in [6.45, 7) is 2.32. The van der Waals surface area contributed by atoms with Crippen molar-refractivity contribution in [1.29, 1.82) is 0 Å². The zero-order valence-electron chi connectivity index (χ0n) is 13.2. The molecule has 2 N–H and O–H groups in total. The van der Waals surface area contributed by atoms with Crippen LogP contribution in [-0.4, -0.2) is 20.2 Å². The lowest BCUT2D eigenvalue weighted by atomic mass is 9.76. The smallest absolute Gasteiger partial charge is 0.119 e. The van der Waals surface area contributed by atoms with Gasteiger partial charge in [0.05, 0.1) is 7.11 Å². The molecule has 0 spiro atoms. The Balaban J connectivity index is 1.98. The normalized spacial score (nSPS) is 22.1. The molecule has 0 bridgehead atoms. The fourth-order valence-electron chi connectivity index (χ4n) is 3.90. The Morgan fingerprint density at radius 3 is 2.33 bits per heavy atom. The number of nitrogens with two attached hydrogens (primary N) is 1. The molecule has 1 saturated heterocycles. The summed E-state index contributed by atoms with van der Waals surface area (Å²) in [7, 11) is 1.74. The molecule has 1 aromatic carbocycles. The highest BCUT2D eigenvalue weighted by atomic mass is 16.5. The van der Waals surface area contributed by atoms with E-state index >= 15 is 0 Å². The summed E-state index contributed by atoms with van der Waals surface area (Å²) in [5.41, 5.74) is 9.32. The van der Waals surface area contributed by atoms with Gasteiger partial charge in [0.15, 0.2) is 0 Å². The van der Waals surface area contributed by atoms with E-state index in [4.69, 9.17) is 10.5 Å². The van der Waals surface area contributed by atoms with Gasteiger partial charge in [-0.3, -0.25) is 0 Å². The first-order valence-electron chi connectivity index (χ1n) is 8.45. The molecule has 1 aliphatic heterocycles. The molecule has 1 heterocycles. The molecule has 0 atom stereocenters. The maximum Gasteiger partial charge on any atom is 0.119 e. The molecule has 1 saturated carbocycles. The molecular formula is C18H28N2O. The zero-order valence-corrected chi connectivity index (χ0v) is 13.2. The van der Waals surface area contributed by atoms with Crippen molar-refractivity contribution < 1.29 is 4.74 Å². The lowest BCUT2D eigenvalue weighted by molar-refractivity contribution is 0.301. The standard InChI is InChI=1S/C18H28N2O/c1-21-15-8-9-17(20-12-6-3-7-13-20)16(14-15)18(19)10-4-2-5-11-18/h8-9,14H,2-7,10-13,19H2,1H3. The van der Waals surface area contributed by atoms with Crippen molar-refractivity contribution in [2.75, 3.05) is 25.1 Å². The number of nitrogens with zero attached hydrogens (tertiary/aromatic N) is 1. The van der Waals surface area contributed by atoms with E-state index in [0.717, 1.165) is 31.7 Å². The van der Waals surface area contributed by atoms with Crippen molar-refractivity contribution in [3.63, 3.8) is 0 Å². The number of anilines is 1. The average Bonchev–Trinajstić information content (AvgIpc) is 2.56. The summed E-state index contributed by atoms with van der Waals surface area (Å²) in [5, 5.41) is 0. The summed E-state index contributed by atoms with van der Waals surface area (Å²) < 4.78 is 5.46. The van der Waals surface area contributed by atoms with E-state index in [1.165, 1.54) is 49.8 Å². The summed E-state index contributed by atoms with van der Waals surface area (Å²) in [4.78, 5) is 2.53.